The Labute approximate surface area is 155 Å². The van der Waals surface area contributed by atoms with Gasteiger partial charge in [-0.1, -0.05) is 12.8 Å². The summed E-state index contributed by atoms with van der Waals surface area (Å²) in [4.78, 5) is 26.4. The largest absolute Gasteiger partial charge is 0.350 e. The molecule has 2 N–H and O–H groups in total. The van der Waals surface area contributed by atoms with Crippen molar-refractivity contribution < 1.29 is 4.79 Å². The molecule has 0 spiro atoms. The molecule has 26 heavy (non-hydrogen) atoms. The number of anilines is 1. The van der Waals surface area contributed by atoms with Crippen LogP contribution in [0.15, 0.2) is 16.9 Å². The van der Waals surface area contributed by atoms with E-state index in [1.165, 1.54) is 17.5 Å². The Bertz CT molecular complexity index is 666. The summed E-state index contributed by atoms with van der Waals surface area (Å²) < 4.78 is 1.53. The lowest BCUT2D eigenvalue weighted by Crippen LogP contribution is -2.50. The van der Waals surface area contributed by atoms with Gasteiger partial charge in [0.15, 0.2) is 0 Å². The average molecular weight is 361 g/mol. The number of urea groups is 1. The molecule has 1 aromatic rings. The SMILES string of the molecule is CC(C)n1nc(N2CCCCC2CNC(=O)NC2CCCC2)ccc1=O. The molecule has 2 amide bonds. The predicted octanol–water partition coefficient (Wildman–Crippen LogP) is 2.42. The number of rotatable bonds is 5. The van der Waals surface area contributed by atoms with E-state index in [9.17, 15) is 9.59 Å². The number of nitrogens with one attached hydrogen (secondary N) is 2. The number of carbonyl (C=O) groups is 1. The summed E-state index contributed by atoms with van der Waals surface area (Å²) in [5, 5.41) is 10.7. The molecule has 7 nitrogen and oxygen atoms in total. The molecular weight excluding hydrogens is 330 g/mol. The summed E-state index contributed by atoms with van der Waals surface area (Å²) in [6, 6.07) is 3.90. The number of aromatic nitrogens is 2. The van der Waals surface area contributed by atoms with Crippen LogP contribution in [0.2, 0.25) is 0 Å². The Morgan fingerprint density at radius 1 is 1.19 bits per heavy atom. The van der Waals surface area contributed by atoms with Crippen molar-refractivity contribution in [2.24, 2.45) is 0 Å². The van der Waals surface area contributed by atoms with Crippen molar-refractivity contribution in [1.29, 1.82) is 0 Å². The highest BCUT2D eigenvalue weighted by atomic mass is 16.2. The zero-order chi connectivity index (χ0) is 18.5. The first kappa shape index (κ1) is 18.7. The van der Waals surface area contributed by atoms with Crippen LogP contribution >= 0.6 is 0 Å². The summed E-state index contributed by atoms with van der Waals surface area (Å²) in [6.45, 7) is 5.42. The second kappa shape index (κ2) is 8.56. The Balaban J connectivity index is 1.63. The zero-order valence-electron chi connectivity index (χ0n) is 15.9. The van der Waals surface area contributed by atoms with Crippen LogP contribution in [-0.4, -0.2) is 41.0 Å². The highest BCUT2D eigenvalue weighted by molar-refractivity contribution is 5.74. The van der Waals surface area contributed by atoms with Crippen molar-refractivity contribution in [3.05, 3.63) is 22.5 Å². The Kier molecular flexibility index (Phi) is 6.16. The van der Waals surface area contributed by atoms with Gasteiger partial charge in [0.25, 0.3) is 5.56 Å². The van der Waals surface area contributed by atoms with Gasteiger partial charge in [0, 0.05) is 31.2 Å². The fraction of sp³-hybridized carbons (Fsp3) is 0.737. The molecule has 1 aliphatic heterocycles. The topological polar surface area (TPSA) is 79.3 Å². The molecule has 0 bridgehead atoms. The molecule has 1 unspecified atom stereocenters. The van der Waals surface area contributed by atoms with Crippen LogP contribution in [0.25, 0.3) is 0 Å². The molecule has 3 rings (SSSR count). The molecule has 2 heterocycles. The maximum absolute atomic E-state index is 12.2. The van der Waals surface area contributed by atoms with Crippen LogP contribution in [0, 0.1) is 0 Å². The molecule has 0 aromatic carbocycles. The fourth-order valence-corrected chi connectivity index (χ4v) is 3.97. The molecule has 1 atom stereocenters. The summed E-state index contributed by atoms with van der Waals surface area (Å²) in [5.41, 5.74) is -0.0774. The summed E-state index contributed by atoms with van der Waals surface area (Å²) in [6.07, 6.45) is 7.86. The molecule has 2 fully saturated rings. The van der Waals surface area contributed by atoms with E-state index < -0.39 is 0 Å². The van der Waals surface area contributed by atoms with E-state index in [0.717, 1.165) is 44.5 Å². The lowest BCUT2D eigenvalue weighted by Gasteiger charge is -2.37. The van der Waals surface area contributed by atoms with E-state index in [2.05, 4.69) is 20.6 Å². The predicted molar refractivity (Wildman–Crippen MR) is 103 cm³/mol. The zero-order valence-corrected chi connectivity index (χ0v) is 15.9. The van der Waals surface area contributed by atoms with E-state index in [-0.39, 0.29) is 23.7 Å². The number of piperidine rings is 1. The fourth-order valence-electron chi connectivity index (χ4n) is 3.97. The van der Waals surface area contributed by atoms with Gasteiger partial charge >= 0.3 is 6.03 Å². The van der Waals surface area contributed by atoms with Gasteiger partial charge in [-0.25, -0.2) is 9.48 Å². The van der Waals surface area contributed by atoms with Crippen LogP contribution in [-0.2, 0) is 0 Å². The highest BCUT2D eigenvalue weighted by Gasteiger charge is 2.25. The molecule has 1 saturated carbocycles. The molecule has 0 radical (unpaired) electrons. The summed E-state index contributed by atoms with van der Waals surface area (Å²) >= 11 is 0. The maximum atomic E-state index is 12.2. The quantitative estimate of drug-likeness (QED) is 0.844. The third-order valence-electron chi connectivity index (χ3n) is 5.41. The molecule has 1 saturated heterocycles. The average Bonchev–Trinajstić information content (AvgIpc) is 3.13. The number of carbonyl (C=O) groups excluding carboxylic acids is 1. The van der Waals surface area contributed by atoms with E-state index in [1.807, 2.05) is 13.8 Å². The van der Waals surface area contributed by atoms with Crippen molar-refractivity contribution >= 4 is 11.8 Å². The van der Waals surface area contributed by atoms with Crippen molar-refractivity contribution in [3.63, 3.8) is 0 Å². The number of hydrogen-bond acceptors (Lipinski definition) is 4. The van der Waals surface area contributed by atoms with Gasteiger partial charge in [0.1, 0.15) is 5.82 Å². The van der Waals surface area contributed by atoms with Crippen LogP contribution in [0.3, 0.4) is 0 Å². The lowest BCUT2D eigenvalue weighted by molar-refractivity contribution is 0.235. The number of hydrogen-bond donors (Lipinski definition) is 2. The standard InChI is InChI=1S/C19H31N5O2/c1-14(2)24-18(25)11-10-17(22-24)23-12-6-5-9-16(23)13-20-19(26)21-15-7-3-4-8-15/h10-11,14-16H,3-9,12-13H2,1-2H3,(H2,20,21,26). The molecule has 1 aromatic heterocycles. The van der Waals surface area contributed by atoms with Crippen molar-refractivity contribution in [3.8, 4) is 0 Å². The Morgan fingerprint density at radius 3 is 2.65 bits per heavy atom. The summed E-state index contributed by atoms with van der Waals surface area (Å²) in [5.74, 6) is 0.820. The van der Waals surface area contributed by atoms with Crippen LogP contribution in [0.1, 0.15) is 64.8 Å². The van der Waals surface area contributed by atoms with Crippen molar-refractivity contribution in [2.45, 2.75) is 76.9 Å². The van der Waals surface area contributed by atoms with Gasteiger partial charge in [-0.05, 0) is 52.0 Å². The molecule has 144 valence electrons. The molecular formula is C19H31N5O2. The van der Waals surface area contributed by atoms with Crippen LogP contribution < -0.4 is 21.1 Å². The normalized spacial score (nSPS) is 21.2. The van der Waals surface area contributed by atoms with Gasteiger partial charge in [-0.2, -0.15) is 5.10 Å². The third-order valence-corrected chi connectivity index (χ3v) is 5.41. The summed E-state index contributed by atoms with van der Waals surface area (Å²) in [7, 11) is 0. The van der Waals surface area contributed by atoms with E-state index in [4.69, 9.17) is 0 Å². The first-order valence-electron chi connectivity index (χ1n) is 9.95. The second-order valence-corrected chi connectivity index (χ2v) is 7.75. The lowest BCUT2D eigenvalue weighted by atomic mass is 10.0. The van der Waals surface area contributed by atoms with Crippen molar-refractivity contribution in [2.75, 3.05) is 18.0 Å². The van der Waals surface area contributed by atoms with E-state index in [1.54, 1.807) is 12.1 Å². The smallest absolute Gasteiger partial charge is 0.315 e. The number of amides is 2. The van der Waals surface area contributed by atoms with Gasteiger partial charge in [0.05, 0.1) is 6.04 Å². The van der Waals surface area contributed by atoms with Crippen LogP contribution in [0.4, 0.5) is 10.6 Å². The van der Waals surface area contributed by atoms with Crippen molar-refractivity contribution in [1.82, 2.24) is 20.4 Å². The molecule has 7 heteroatoms. The highest BCUT2D eigenvalue weighted by Crippen LogP contribution is 2.22. The first-order chi connectivity index (χ1) is 12.5. The first-order valence-corrected chi connectivity index (χ1v) is 9.95. The van der Waals surface area contributed by atoms with Gasteiger partial charge < -0.3 is 15.5 Å². The van der Waals surface area contributed by atoms with Gasteiger partial charge in [-0.15, -0.1) is 0 Å². The minimum atomic E-state index is -0.0774. The minimum absolute atomic E-state index is 0.0287. The molecule has 2 aliphatic rings. The monoisotopic (exact) mass is 361 g/mol. The maximum Gasteiger partial charge on any atom is 0.315 e. The minimum Gasteiger partial charge on any atom is -0.350 e. The van der Waals surface area contributed by atoms with Gasteiger partial charge in [0.2, 0.25) is 0 Å². The van der Waals surface area contributed by atoms with Gasteiger partial charge in [-0.3, -0.25) is 4.79 Å². The third kappa shape index (κ3) is 4.56. The van der Waals surface area contributed by atoms with E-state index >= 15 is 0 Å². The number of nitrogens with zero attached hydrogens (tertiary/aromatic N) is 3. The van der Waals surface area contributed by atoms with Crippen LogP contribution in [0.5, 0.6) is 0 Å². The molecule has 1 aliphatic carbocycles. The second-order valence-electron chi connectivity index (χ2n) is 7.75. The Hall–Kier alpha value is -2.05. The van der Waals surface area contributed by atoms with E-state index in [0.29, 0.717) is 12.6 Å². The Morgan fingerprint density at radius 2 is 1.92 bits per heavy atom.